The second-order valence-corrected chi connectivity index (χ2v) is 3.46. The largest absolute Gasteiger partial charge is 0.492 e. The maximum absolute atomic E-state index is 11.2. The first-order valence-electron chi connectivity index (χ1n) is 4.80. The number of carbonyl (C=O) groups excluding carboxylic acids is 1. The van der Waals surface area contributed by atoms with Gasteiger partial charge in [-0.3, -0.25) is 0 Å². The number of hydrogen-bond acceptors (Lipinski definition) is 3. The maximum atomic E-state index is 11.2. The fourth-order valence-electron chi connectivity index (χ4n) is 1.20. The Hall–Kier alpha value is -1.48. The summed E-state index contributed by atoms with van der Waals surface area (Å²) in [5, 5.41) is 0.449. The summed E-state index contributed by atoms with van der Waals surface area (Å²) in [7, 11) is 1.31. The molecule has 0 amide bonds. The third-order valence-electron chi connectivity index (χ3n) is 2.01. The molecule has 1 aromatic carbocycles. The maximum Gasteiger partial charge on any atom is 0.337 e. The Morgan fingerprint density at radius 3 is 2.69 bits per heavy atom. The lowest BCUT2D eigenvalue weighted by Crippen LogP contribution is -2.02. The Morgan fingerprint density at radius 2 is 2.19 bits per heavy atom. The highest BCUT2D eigenvalue weighted by Crippen LogP contribution is 2.28. The molecular weight excluding hydrogens is 228 g/mol. The molecule has 0 N–H and O–H groups in total. The second-order valence-electron chi connectivity index (χ2n) is 3.05. The number of halogens is 1. The standard InChI is InChI=1S/C12H13ClO3/c1-4-16-11-6-5-9(7-10(11)13)8(2)12(14)15-3/h5-7H,2,4H2,1,3H3. The zero-order chi connectivity index (χ0) is 12.1. The molecule has 0 heterocycles. The van der Waals surface area contributed by atoms with Crippen LogP contribution in [0.15, 0.2) is 24.8 Å². The van der Waals surface area contributed by atoms with Gasteiger partial charge < -0.3 is 9.47 Å². The first kappa shape index (κ1) is 12.6. The minimum Gasteiger partial charge on any atom is -0.492 e. The van der Waals surface area contributed by atoms with E-state index in [4.69, 9.17) is 16.3 Å². The predicted molar refractivity (Wildman–Crippen MR) is 63.7 cm³/mol. The van der Waals surface area contributed by atoms with Crippen molar-refractivity contribution in [3.63, 3.8) is 0 Å². The van der Waals surface area contributed by atoms with E-state index in [9.17, 15) is 4.79 Å². The van der Waals surface area contributed by atoms with E-state index < -0.39 is 5.97 Å². The quantitative estimate of drug-likeness (QED) is 0.600. The van der Waals surface area contributed by atoms with E-state index in [-0.39, 0.29) is 5.57 Å². The van der Waals surface area contributed by atoms with Gasteiger partial charge in [-0.1, -0.05) is 24.2 Å². The first-order valence-corrected chi connectivity index (χ1v) is 5.17. The van der Waals surface area contributed by atoms with Gasteiger partial charge in [0.05, 0.1) is 24.3 Å². The van der Waals surface area contributed by atoms with Crippen molar-refractivity contribution in [2.75, 3.05) is 13.7 Å². The molecule has 0 aliphatic heterocycles. The minimum atomic E-state index is -0.472. The van der Waals surface area contributed by atoms with Crippen LogP contribution in [0.3, 0.4) is 0 Å². The van der Waals surface area contributed by atoms with Gasteiger partial charge in [-0.25, -0.2) is 4.79 Å². The molecule has 0 fully saturated rings. The highest BCUT2D eigenvalue weighted by molar-refractivity contribution is 6.32. The summed E-state index contributed by atoms with van der Waals surface area (Å²) in [5.74, 6) is 0.116. The molecule has 0 radical (unpaired) electrons. The second kappa shape index (κ2) is 5.56. The van der Waals surface area contributed by atoms with Gasteiger partial charge in [0, 0.05) is 0 Å². The van der Waals surface area contributed by atoms with Crippen LogP contribution in [0.25, 0.3) is 5.57 Å². The highest BCUT2D eigenvalue weighted by atomic mass is 35.5. The molecule has 1 rings (SSSR count). The molecule has 4 heteroatoms. The van der Waals surface area contributed by atoms with Crippen molar-refractivity contribution < 1.29 is 14.3 Å². The van der Waals surface area contributed by atoms with E-state index in [1.165, 1.54) is 7.11 Å². The number of methoxy groups -OCH3 is 1. The molecule has 0 unspecified atom stereocenters. The summed E-state index contributed by atoms with van der Waals surface area (Å²) in [5.41, 5.74) is 0.896. The van der Waals surface area contributed by atoms with Gasteiger partial charge in [0.25, 0.3) is 0 Å². The van der Waals surface area contributed by atoms with Gasteiger partial charge in [-0.05, 0) is 24.6 Å². The molecule has 0 aliphatic carbocycles. The van der Waals surface area contributed by atoms with Crippen LogP contribution in [0, 0.1) is 0 Å². The average Bonchev–Trinajstić information content (AvgIpc) is 2.30. The zero-order valence-corrected chi connectivity index (χ0v) is 10.0. The molecule has 0 saturated heterocycles. The lowest BCUT2D eigenvalue weighted by Gasteiger charge is -2.08. The summed E-state index contributed by atoms with van der Waals surface area (Å²) in [6.07, 6.45) is 0. The Bertz CT molecular complexity index is 413. The molecule has 0 aliphatic rings. The van der Waals surface area contributed by atoms with Crippen LogP contribution in [-0.4, -0.2) is 19.7 Å². The van der Waals surface area contributed by atoms with Crippen LogP contribution in [0.4, 0.5) is 0 Å². The Labute approximate surface area is 99.6 Å². The Balaban J connectivity index is 2.97. The average molecular weight is 241 g/mol. The molecule has 1 aromatic rings. The van der Waals surface area contributed by atoms with E-state index in [0.29, 0.717) is 22.9 Å². The normalized spacial score (nSPS) is 9.69. The molecule has 0 atom stereocenters. The van der Waals surface area contributed by atoms with Crippen LogP contribution in [0.5, 0.6) is 5.75 Å². The van der Waals surface area contributed by atoms with Crippen molar-refractivity contribution in [3.05, 3.63) is 35.4 Å². The van der Waals surface area contributed by atoms with Gasteiger partial charge in [0.1, 0.15) is 5.75 Å². The monoisotopic (exact) mass is 240 g/mol. The lowest BCUT2D eigenvalue weighted by molar-refractivity contribution is -0.133. The molecule has 3 nitrogen and oxygen atoms in total. The number of carbonyl (C=O) groups is 1. The van der Waals surface area contributed by atoms with Crippen LogP contribution in [0.2, 0.25) is 5.02 Å². The molecule has 0 spiro atoms. The number of hydrogen-bond donors (Lipinski definition) is 0. The SMILES string of the molecule is C=C(C(=O)OC)c1ccc(OCC)c(Cl)c1. The van der Waals surface area contributed by atoms with Crippen molar-refractivity contribution in [3.8, 4) is 5.75 Å². The summed E-state index contributed by atoms with van der Waals surface area (Å²) in [6.45, 7) is 6.05. The predicted octanol–water partition coefficient (Wildman–Crippen LogP) is 2.92. The van der Waals surface area contributed by atoms with Gasteiger partial charge in [-0.2, -0.15) is 0 Å². The van der Waals surface area contributed by atoms with Crippen molar-refractivity contribution in [1.82, 2.24) is 0 Å². The van der Waals surface area contributed by atoms with E-state index in [1.807, 2.05) is 6.92 Å². The third-order valence-corrected chi connectivity index (χ3v) is 2.31. The van der Waals surface area contributed by atoms with Gasteiger partial charge in [0.15, 0.2) is 0 Å². The number of ether oxygens (including phenoxy) is 2. The fourth-order valence-corrected chi connectivity index (χ4v) is 1.44. The summed E-state index contributed by atoms with van der Waals surface area (Å²) >= 11 is 5.98. The number of benzene rings is 1. The zero-order valence-electron chi connectivity index (χ0n) is 9.25. The summed E-state index contributed by atoms with van der Waals surface area (Å²) in [4.78, 5) is 11.2. The lowest BCUT2D eigenvalue weighted by atomic mass is 10.1. The van der Waals surface area contributed by atoms with Crippen molar-refractivity contribution in [2.45, 2.75) is 6.92 Å². The van der Waals surface area contributed by atoms with Crippen molar-refractivity contribution >= 4 is 23.1 Å². The molecule has 0 saturated carbocycles. The molecular formula is C12H13ClO3. The minimum absolute atomic E-state index is 0.271. The first-order chi connectivity index (χ1) is 7.60. The van der Waals surface area contributed by atoms with Crippen molar-refractivity contribution in [1.29, 1.82) is 0 Å². The third kappa shape index (κ3) is 2.76. The van der Waals surface area contributed by atoms with Gasteiger partial charge in [-0.15, -0.1) is 0 Å². The van der Waals surface area contributed by atoms with Crippen LogP contribution < -0.4 is 4.74 Å². The Kier molecular flexibility index (Phi) is 4.38. The smallest absolute Gasteiger partial charge is 0.337 e. The number of esters is 1. The molecule has 86 valence electrons. The molecule has 16 heavy (non-hydrogen) atoms. The fraction of sp³-hybridized carbons (Fsp3) is 0.250. The van der Waals surface area contributed by atoms with E-state index in [2.05, 4.69) is 11.3 Å². The summed E-state index contributed by atoms with van der Waals surface area (Å²) in [6, 6.07) is 5.05. The van der Waals surface area contributed by atoms with Crippen LogP contribution >= 0.6 is 11.6 Å². The molecule has 0 aromatic heterocycles. The van der Waals surface area contributed by atoms with Crippen molar-refractivity contribution in [2.24, 2.45) is 0 Å². The number of rotatable bonds is 4. The van der Waals surface area contributed by atoms with Gasteiger partial charge in [0.2, 0.25) is 0 Å². The Morgan fingerprint density at radius 1 is 1.50 bits per heavy atom. The van der Waals surface area contributed by atoms with Crippen LogP contribution in [-0.2, 0) is 9.53 Å². The van der Waals surface area contributed by atoms with E-state index in [0.717, 1.165) is 0 Å². The van der Waals surface area contributed by atoms with Gasteiger partial charge >= 0.3 is 5.97 Å². The van der Waals surface area contributed by atoms with Crippen LogP contribution in [0.1, 0.15) is 12.5 Å². The molecule has 0 bridgehead atoms. The summed E-state index contributed by atoms with van der Waals surface area (Å²) < 4.78 is 9.85. The van der Waals surface area contributed by atoms with E-state index in [1.54, 1.807) is 18.2 Å². The topological polar surface area (TPSA) is 35.5 Å². The van der Waals surface area contributed by atoms with E-state index >= 15 is 0 Å². The highest BCUT2D eigenvalue weighted by Gasteiger charge is 2.11.